The van der Waals surface area contributed by atoms with Gasteiger partial charge in [0, 0.05) is 0 Å². The van der Waals surface area contributed by atoms with Crippen molar-refractivity contribution in [1.82, 2.24) is 0 Å². The number of hydrogen-bond acceptors (Lipinski definition) is 1. The molecular formula is C9H11N. The zero-order valence-electron chi connectivity index (χ0n) is 6.17. The molecule has 1 nitrogen and oxygen atoms in total. The summed E-state index contributed by atoms with van der Waals surface area (Å²) in [5.41, 5.74) is 2.55. The van der Waals surface area contributed by atoms with Crippen LogP contribution in [0.2, 0.25) is 0 Å². The van der Waals surface area contributed by atoms with Gasteiger partial charge in [-0.05, 0) is 24.8 Å². The summed E-state index contributed by atoms with van der Waals surface area (Å²) in [6, 6.07) is 8.21. The molecule has 0 saturated heterocycles. The number of hydrogen-bond donors (Lipinski definition) is 0. The zero-order valence-corrected chi connectivity index (χ0v) is 6.17. The van der Waals surface area contributed by atoms with Gasteiger partial charge >= 0.3 is 0 Å². The maximum absolute atomic E-state index is 3.82. The van der Waals surface area contributed by atoms with Crippen molar-refractivity contribution < 1.29 is 0 Å². The van der Waals surface area contributed by atoms with E-state index in [0.29, 0.717) is 0 Å². The van der Waals surface area contributed by atoms with Gasteiger partial charge in [0.25, 0.3) is 0 Å². The Kier molecular flexibility index (Phi) is 2.21. The van der Waals surface area contributed by atoms with Crippen LogP contribution in [0.15, 0.2) is 29.3 Å². The molecule has 0 radical (unpaired) electrons. The monoisotopic (exact) mass is 133 g/mol. The number of rotatable bonds is 2. The van der Waals surface area contributed by atoms with Gasteiger partial charge in [-0.3, -0.25) is 4.99 Å². The third kappa shape index (κ3) is 1.44. The minimum atomic E-state index is 0.729. The van der Waals surface area contributed by atoms with Gasteiger partial charge in [0.15, 0.2) is 0 Å². The van der Waals surface area contributed by atoms with E-state index in [2.05, 4.69) is 30.8 Å². The molecule has 0 unspecified atom stereocenters. The van der Waals surface area contributed by atoms with Crippen LogP contribution in [0.1, 0.15) is 11.1 Å². The Morgan fingerprint density at radius 1 is 1.40 bits per heavy atom. The van der Waals surface area contributed by atoms with Gasteiger partial charge in [0.2, 0.25) is 0 Å². The van der Waals surface area contributed by atoms with Crippen molar-refractivity contribution in [3.05, 3.63) is 35.4 Å². The van der Waals surface area contributed by atoms with E-state index in [1.165, 1.54) is 11.1 Å². The van der Waals surface area contributed by atoms with Crippen LogP contribution in [-0.2, 0) is 6.54 Å². The van der Waals surface area contributed by atoms with Gasteiger partial charge in [-0.25, -0.2) is 0 Å². The second-order valence-electron chi connectivity index (χ2n) is 2.31. The Morgan fingerprint density at radius 2 is 2.10 bits per heavy atom. The maximum Gasteiger partial charge on any atom is 0.0635 e. The van der Waals surface area contributed by atoms with Crippen LogP contribution in [-0.4, -0.2) is 6.72 Å². The molecule has 0 fully saturated rings. The van der Waals surface area contributed by atoms with Crippen molar-refractivity contribution in [3.8, 4) is 0 Å². The molecule has 0 atom stereocenters. The largest absolute Gasteiger partial charge is 0.296 e. The Labute approximate surface area is 61.4 Å². The van der Waals surface area contributed by atoms with Crippen LogP contribution in [0.25, 0.3) is 0 Å². The number of benzene rings is 1. The van der Waals surface area contributed by atoms with E-state index in [0.717, 1.165) is 6.54 Å². The summed E-state index contributed by atoms with van der Waals surface area (Å²) >= 11 is 0. The average molecular weight is 133 g/mol. The normalized spacial score (nSPS) is 9.30. The molecule has 0 aliphatic heterocycles. The van der Waals surface area contributed by atoms with Gasteiger partial charge in [-0.1, -0.05) is 24.3 Å². The van der Waals surface area contributed by atoms with Crippen LogP contribution < -0.4 is 0 Å². The predicted octanol–water partition coefficient (Wildman–Crippen LogP) is 2.20. The topological polar surface area (TPSA) is 12.4 Å². The fraction of sp³-hybridized carbons (Fsp3) is 0.222. The molecule has 1 aromatic rings. The fourth-order valence-corrected chi connectivity index (χ4v) is 0.908. The molecule has 1 rings (SSSR count). The smallest absolute Gasteiger partial charge is 0.0635 e. The number of aliphatic imine (C=N–C) groups is 1. The van der Waals surface area contributed by atoms with Crippen molar-refractivity contribution in [2.24, 2.45) is 4.99 Å². The minimum absolute atomic E-state index is 0.729. The average Bonchev–Trinajstić information content (AvgIpc) is 1.94. The molecule has 0 aromatic heterocycles. The molecule has 0 N–H and O–H groups in total. The standard InChI is InChI=1S/C9H11N/c1-8-5-3-4-6-9(8)7-10-2/h3-6H,2,7H2,1H3. The molecule has 10 heavy (non-hydrogen) atoms. The van der Waals surface area contributed by atoms with Crippen LogP contribution in [0.3, 0.4) is 0 Å². The quantitative estimate of drug-likeness (QED) is 0.548. The van der Waals surface area contributed by atoms with Gasteiger partial charge in [-0.2, -0.15) is 0 Å². The first kappa shape index (κ1) is 7.00. The highest BCUT2D eigenvalue weighted by Crippen LogP contribution is 2.06. The van der Waals surface area contributed by atoms with Crippen molar-refractivity contribution in [1.29, 1.82) is 0 Å². The van der Waals surface area contributed by atoms with Crippen LogP contribution in [0.5, 0.6) is 0 Å². The lowest BCUT2D eigenvalue weighted by molar-refractivity contribution is 1.06. The summed E-state index contributed by atoms with van der Waals surface area (Å²) in [7, 11) is 0. The van der Waals surface area contributed by atoms with Gasteiger partial charge in [0.1, 0.15) is 0 Å². The molecule has 0 aliphatic carbocycles. The molecular weight excluding hydrogens is 122 g/mol. The summed E-state index contributed by atoms with van der Waals surface area (Å²) in [5.74, 6) is 0. The SMILES string of the molecule is C=NCc1ccccc1C. The minimum Gasteiger partial charge on any atom is -0.296 e. The third-order valence-corrected chi connectivity index (χ3v) is 1.54. The highest BCUT2D eigenvalue weighted by molar-refractivity contribution is 5.29. The molecule has 0 amide bonds. The first-order valence-electron chi connectivity index (χ1n) is 3.31. The Morgan fingerprint density at radius 3 is 2.70 bits per heavy atom. The predicted molar refractivity (Wildman–Crippen MR) is 44.4 cm³/mol. The fourth-order valence-electron chi connectivity index (χ4n) is 0.908. The van der Waals surface area contributed by atoms with Crippen LogP contribution >= 0.6 is 0 Å². The van der Waals surface area contributed by atoms with Gasteiger partial charge < -0.3 is 0 Å². The van der Waals surface area contributed by atoms with E-state index in [1.54, 1.807) is 0 Å². The Hall–Kier alpha value is -1.11. The Balaban J connectivity index is 2.91. The van der Waals surface area contributed by atoms with Gasteiger partial charge in [-0.15, -0.1) is 0 Å². The highest BCUT2D eigenvalue weighted by Gasteiger charge is 1.91. The Bertz CT molecular complexity index is 228. The molecule has 1 aromatic carbocycles. The molecule has 0 aliphatic rings. The van der Waals surface area contributed by atoms with E-state index in [4.69, 9.17) is 0 Å². The molecule has 0 saturated carbocycles. The van der Waals surface area contributed by atoms with Crippen LogP contribution in [0, 0.1) is 6.92 Å². The second kappa shape index (κ2) is 3.16. The molecule has 1 heteroatoms. The lowest BCUT2D eigenvalue weighted by Crippen LogP contribution is -1.84. The zero-order chi connectivity index (χ0) is 7.40. The first-order valence-corrected chi connectivity index (χ1v) is 3.31. The lowest BCUT2D eigenvalue weighted by Gasteiger charge is -1.98. The molecule has 0 bridgehead atoms. The molecule has 0 spiro atoms. The number of nitrogens with zero attached hydrogens (tertiary/aromatic N) is 1. The number of aryl methyl sites for hydroxylation is 1. The summed E-state index contributed by atoms with van der Waals surface area (Å²) < 4.78 is 0. The van der Waals surface area contributed by atoms with Gasteiger partial charge in [0.05, 0.1) is 6.54 Å². The summed E-state index contributed by atoms with van der Waals surface area (Å²) in [4.78, 5) is 3.82. The summed E-state index contributed by atoms with van der Waals surface area (Å²) in [6.07, 6.45) is 0. The second-order valence-corrected chi connectivity index (χ2v) is 2.31. The van der Waals surface area contributed by atoms with Crippen LogP contribution in [0.4, 0.5) is 0 Å². The van der Waals surface area contributed by atoms with Crippen molar-refractivity contribution in [3.63, 3.8) is 0 Å². The lowest BCUT2D eigenvalue weighted by atomic mass is 10.1. The van der Waals surface area contributed by atoms with Crippen molar-refractivity contribution in [2.75, 3.05) is 0 Å². The van der Waals surface area contributed by atoms with E-state index < -0.39 is 0 Å². The summed E-state index contributed by atoms with van der Waals surface area (Å²) in [5, 5.41) is 0. The molecule has 0 heterocycles. The van der Waals surface area contributed by atoms with E-state index >= 15 is 0 Å². The van der Waals surface area contributed by atoms with E-state index in [9.17, 15) is 0 Å². The van der Waals surface area contributed by atoms with Crippen molar-refractivity contribution >= 4 is 6.72 Å². The third-order valence-electron chi connectivity index (χ3n) is 1.54. The van der Waals surface area contributed by atoms with E-state index in [1.807, 2.05) is 12.1 Å². The summed E-state index contributed by atoms with van der Waals surface area (Å²) in [6.45, 7) is 6.26. The molecule has 52 valence electrons. The maximum atomic E-state index is 3.82. The highest BCUT2D eigenvalue weighted by atomic mass is 14.7. The van der Waals surface area contributed by atoms with Crippen molar-refractivity contribution in [2.45, 2.75) is 13.5 Å². The van der Waals surface area contributed by atoms with E-state index in [-0.39, 0.29) is 0 Å². The first-order chi connectivity index (χ1) is 4.84.